The molecule has 2 atom stereocenters. The van der Waals surface area contributed by atoms with Gasteiger partial charge in [-0.3, -0.25) is 9.36 Å². The Kier molecular flexibility index (Phi) is 10.6. The Bertz CT molecular complexity index is 374. The monoisotopic (exact) mass is 357 g/mol. The quantitative estimate of drug-likeness (QED) is 0.224. The molecule has 0 saturated heterocycles. The highest BCUT2D eigenvalue weighted by atomic mass is 32.2. The van der Waals surface area contributed by atoms with Gasteiger partial charge >= 0.3 is 5.97 Å². The van der Waals surface area contributed by atoms with Crippen molar-refractivity contribution in [2.75, 3.05) is 59.0 Å². The molecule has 0 aliphatic heterocycles. The first-order valence-electron chi connectivity index (χ1n) is 7.22. The number of phosphoric ester groups is 1. The van der Waals surface area contributed by atoms with E-state index in [9.17, 15) is 14.3 Å². The number of thioether (sulfide) groups is 1. The van der Waals surface area contributed by atoms with Gasteiger partial charge in [-0.15, -0.1) is 0 Å². The highest BCUT2D eigenvalue weighted by Gasteiger charge is 2.16. The van der Waals surface area contributed by atoms with Crippen molar-refractivity contribution in [3.63, 3.8) is 0 Å². The summed E-state index contributed by atoms with van der Waals surface area (Å²) in [6.07, 6.45) is 0. The Morgan fingerprint density at radius 3 is 2.36 bits per heavy atom. The van der Waals surface area contributed by atoms with E-state index >= 15 is 0 Å². The Hall–Kier alpha value is -0.110. The molecule has 0 aromatic rings. The van der Waals surface area contributed by atoms with Crippen LogP contribution in [-0.4, -0.2) is 69.5 Å². The van der Waals surface area contributed by atoms with Gasteiger partial charge in [0.1, 0.15) is 19.8 Å². The molecule has 0 aliphatic carbocycles. The summed E-state index contributed by atoms with van der Waals surface area (Å²) >= 11 is 1.65. The predicted octanol–water partition coefficient (Wildman–Crippen LogP) is 1.13. The number of ether oxygens (including phenoxy) is 1. The average Bonchev–Trinajstić information content (AvgIpc) is 2.38. The van der Waals surface area contributed by atoms with Crippen molar-refractivity contribution in [1.82, 2.24) is 0 Å². The highest BCUT2D eigenvalue weighted by molar-refractivity contribution is 7.99. The third kappa shape index (κ3) is 12.4. The molecule has 0 fully saturated rings. The van der Waals surface area contributed by atoms with E-state index in [0.717, 1.165) is 5.75 Å². The number of phosphoric acid groups is 1. The van der Waals surface area contributed by atoms with Crippen molar-refractivity contribution < 1.29 is 32.5 Å². The minimum absolute atomic E-state index is 0.0509. The fourth-order valence-electron chi connectivity index (χ4n) is 1.26. The molecule has 0 rings (SSSR count). The van der Waals surface area contributed by atoms with E-state index < -0.39 is 7.82 Å². The molecule has 0 N–H and O–H groups in total. The number of carbonyl (C=O) groups is 1. The number of hydrogen-bond donors (Lipinski definition) is 0. The van der Waals surface area contributed by atoms with E-state index in [1.807, 2.05) is 28.1 Å². The molecule has 0 spiro atoms. The summed E-state index contributed by atoms with van der Waals surface area (Å²) in [5.41, 5.74) is 0. The number of likely N-dealkylation sites (N-methyl/N-ethyl adjacent to an activating group) is 1. The maximum Gasteiger partial charge on any atom is 0.309 e. The first kappa shape index (κ1) is 21.9. The van der Waals surface area contributed by atoms with Gasteiger partial charge in [-0.1, -0.05) is 13.8 Å². The normalized spacial score (nSPS) is 16.1. The lowest BCUT2D eigenvalue weighted by Gasteiger charge is -2.27. The van der Waals surface area contributed by atoms with Gasteiger partial charge in [-0.25, -0.2) is 0 Å². The largest absolute Gasteiger partial charge is 0.756 e. The number of nitrogens with zero attached hydrogens (tertiary/aromatic N) is 1. The van der Waals surface area contributed by atoms with Gasteiger partial charge in [0.15, 0.2) is 0 Å². The number of esters is 1. The molecular weight excluding hydrogens is 329 g/mol. The van der Waals surface area contributed by atoms with Crippen LogP contribution < -0.4 is 4.89 Å². The fraction of sp³-hybridized carbons (Fsp3) is 0.923. The standard InChI is InChI=1S/C13H28NO6PS/c1-6-22-11-12(2)13(15)18-9-10-20-21(16,17)19-8-7-14(3,4)5/h12H,6-11H2,1-5H3. The SMILES string of the molecule is CCSCC(C)C(=O)OCCOP(=O)([O-])OCC[N+](C)(C)C. The lowest BCUT2D eigenvalue weighted by atomic mass is 10.2. The van der Waals surface area contributed by atoms with Crippen molar-refractivity contribution in [3.05, 3.63) is 0 Å². The molecule has 0 aliphatic rings. The van der Waals surface area contributed by atoms with E-state index in [2.05, 4.69) is 4.52 Å². The number of hydrogen-bond acceptors (Lipinski definition) is 7. The lowest BCUT2D eigenvalue weighted by Crippen LogP contribution is -2.37. The molecule has 0 aromatic carbocycles. The van der Waals surface area contributed by atoms with Gasteiger partial charge in [0.05, 0.1) is 33.7 Å². The Labute approximate surface area is 137 Å². The second kappa shape index (κ2) is 10.6. The van der Waals surface area contributed by atoms with Gasteiger partial charge < -0.3 is 23.2 Å². The van der Waals surface area contributed by atoms with E-state index in [-0.39, 0.29) is 31.7 Å². The summed E-state index contributed by atoms with van der Waals surface area (Å²) in [6, 6.07) is 0. The Morgan fingerprint density at radius 1 is 1.23 bits per heavy atom. The van der Waals surface area contributed by atoms with Crippen LogP contribution in [0, 0.1) is 5.92 Å². The lowest BCUT2D eigenvalue weighted by molar-refractivity contribution is -0.870. The molecule has 132 valence electrons. The average molecular weight is 357 g/mol. The summed E-state index contributed by atoms with van der Waals surface area (Å²) < 4.78 is 26.4. The molecule has 0 saturated carbocycles. The summed E-state index contributed by atoms with van der Waals surface area (Å²) in [5, 5.41) is 0. The van der Waals surface area contributed by atoms with Gasteiger partial charge in [-0.05, 0) is 5.75 Å². The number of carbonyl (C=O) groups excluding carboxylic acids is 1. The van der Waals surface area contributed by atoms with E-state index in [4.69, 9.17) is 9.26 Å². The highest BCUT2D eigenvalue weighted by Crippen LogP contribution is 2.37. The van der Waals surface area contributed by atoms with Crippen LogP contribution in [0.15, 0.2) is 0 Å². The second-order valence-electron chi connectivity index (χ2n) is 5.86. The zero-order valence-electron chi connectivity index (χ0n) is 14.1. The maximum absolute atomic E-state index is 11.6. The van der Waals surface area contributed by atoms with Gasteiger partial charge in [0, 0.05) is 5.75 Å². The minimum atomic E-state index is -4.34. The van der Waals surface area contributed by atoms with Crippen molar-refractivity contribution >= 4 is 25.6 Å². The summed E-state index contributed by atoms with van der Waals surface area (Å²) in [7, 11) is 1.45. The van der Waals surface area contributed by atoms with Gasteiger partial charge in [0.25, 0.3) is 7.82 Å². The predicted molar refractivity (Wildman–Crippen MR) is 85.5 cm³/mol. The molecule has 22 heavy (non-hydrogen) atoms. The summed E-state index contributed by atoms with van der Waals surface area (Å²) in [5.74, 6) is 1.05. The smallest absolute Gasteiger partial charge is 0.309 e. The maximum atomic E-state index is 11.6. The van der Waals surface area contributed by atoms with Crippen molar-refractivity contribution in [1.29, 1.82) is 0 Å². The van der Waals surface area contributed by atoms with Gasteiger partial charge in [-0.2, -0.15) is 11.8 Å². The molecule has 0 heterocycles. The molecule has 2 unspecified atom stereocenters. The van der Waals surface area contributed by atoms with Crippen molar-refractivity contribution in [2.45, 2.75) is 13.8 Å². The van der Waals surface area contributed by atoms with Crippen LogP contribution in [0.5, 0.6) is 0 Å². The third-order valence-electron chi connectivity index (χ3n) is 2.56. The topological polar surface area (TPSA) is 84.9 Å². The molecule has 0 amide bonds. The van der Waals surface area contributed by atoms with Crippen LogP contribution in [0.3, 0.4) is 0 Å². The number of quaternary nitrogens is 1. The van der Waals surface area contributed by atoms with E-state index in [1.165, 1.54) is 0 Å². The number of rotatable bonds is 12. The summed E-state index contributed by atoms with van der Waals surface area (Å²) in [6.45, 7) is 4.04. The van der Waals surface area contributed by atoms with Crippen LogP contribution in [0.25, 0.3) is 0 Å². The minimum Gasteiger partial charge on any atom is -0.756 e. The summed E-state index contributed by atoms with van der Waals surface area (Å²) in [4.78, 5) is 23.1. The van der Waals surface area contributed by atoms with Crippen molar-refractivity contribution in [2.24, 2.45) is 5.92 Å². The molecule has 0 radical (unpaired) electrons. The molecule has 0 aromatic heterocycles. The fourth-order valence-corrected chi connectivity index (χ4v) is 2.66. The zero-order chi connectivity index (χ0) is 17.2. The van der Waals surface area contributed by atoms with Crippen molar-refractivity contribution in [3.8, 4) is 0 Å². The first-order chi connectivity index (χ1) is 10.1. The van der Waals surface area contributed by atoms with Crippen LogP contribution in [-0.2, 0) is 23.1 Å². The molecule has 7 nitrogen and oxygen atoms in total. The van der Waals surface area contributed by atoms with Crippen LogP contribution in [0.1, 0.15) is 13.8 Å². The second-order valence-corrected chi connectivity index (χ2v) is 8.59. The zero-order valence-corrected chi connectivity index (χ0v) is 15.8. The van der Waals surface area contributed by atoms with Gasteiger partial charge in [0.2, 0.25) is 0 Å². The van der Waals surface area contributed by atoms with Crippen LogP contribution in [0.4, 0.5) is 0 Å². The molecular formula is C13H28NO6PS. The van der Waals surface area contributed by atoms with Crippen LogP contribution >= 0.6 is 19.6 Å². The molecule has 9 heteroatoms. The first-order valence-corrected chi connectivity index (χ1v) is 9.84. The van der Waals surface area contributed by atoms with Crippen LogP contribution in [0.2, 0.25) is 0 Å². The van der Waals surface area contributed by atoms with E-state index in [0.29, 0.717) is 16.8 Å². The Balaban J connectivity index is 3.84. The van der Waals surface area contributed by atoms with E-state index in [1.54, 1.807) is 18.7 Å². The molecule has 0 bridgehead atoms. The third-order valence-corrected chi connectivity index (χ3v) is 4.70. The Morgan fingerprint density at radius 2 is 1.82 bits per heavy atom.